The van der Waals surface area contributed by atoms with Gasteiger partial charge in [0, 0.05) is 34.0 Å². The van der Waals surface area contributed by atoms with Crippen molar-refractivity contribution in [3.05, 3.63) is 49.9 Å². The zero-order chi connectivity index (χ0) is 13.1. The van der Waals surface area contributed by atoms with Crippen LogP contribution < -0.4 is 0 Å². The van der Waals surface area contributed by atoms with E-state index < -0.39 is 6.10 Å². The third kappa shape index (κ3) is 3.69. The van der Waals surface area contributed by atoms with Crippen molar-refractivity contribution in [1.29, 1.82) is 0 Å². The normalized spacial score (nSPS) is 12.7. The first-order valence-corrected chi connectivity index (χ1v) is 7.21. The van der Waals surface area contributed by atoms with Crippen LogP contribution in [0.15, 0.2) is 23.6 Å². The molecule has 2 nitrogen and oxygen atoms in total. The van der Waals surface area contributed by atoms with E-state index in [1.165, 1.54) is 0 Å². The minimum absolute atomic E-state index is 0.478. The zero-order valence-corrected chi connectivity index (χ0v) is 12.2. The summed E-state index contributed by atoms with van der Waals surface area (Å²) in [7, 11) is 0. The molecule has 0 saturated heterocycles. The molecule has 0 amide bonds. The Morgan fingerprint density at radius 1 is 1.33 bits per heavy atom. The maximum atomic E-state index is 10.0. The standard InChI is InChI=1S/C13H13Cl2NOS/c1-8-7-18-13(16-8)6-11(17)4-9-2-3-10(14)5-12(9)15/h2-3,5,7,11,17H,4,6H2,1H3. The second kappa shape index (κ2) is 6.02. The molecule has 0 aliphatic rings. The van der Waals surface area contributed by atoms with E-state index in [0.717, 1.165) is 16.3 Å². The Labute approximate surface area is 120 Å². The third-order valence-electron chi connectivity index (χ3n) is 2.55. The third-order valence-corrected chi connectivity index (χ3v) is 4.12. The van der Waals surface area contributed by atoms with E-state index in [0.29, 0.717) is 22.9 Å². The number of aryl methyl sites for hydroxylation is 1. The summed E-state index contributed by atoms with van der Waals surface area (Å²) in [6, 6.07) is 5.32. The Morgan fingerprint density at radius 3 is 2.72 bits per heavy atom. The van der Waals surface area contributed by atoms with E-state index in [4.69, 9.17) is 23.2 Å². The fourth-order valence-electron chi connectivity index (χ4n) is 1.71. The Hall–Kier alpha value is -0.610. The molecule has 96 valence electrons. The Bertz CT molecular complexity index is 542. The molecular weight excluding hydrogens is 289 g/mol. The lowest BCUT2D eigenvalue weighted by Gasteiger charge is -2.10. The number of nitrogens with zero attached hydrogens (tertiary/aromatic N) is 1. The van der Waals surface area contributed by atoms with Crippen molar-refractivity contribution in [2.75, 3.05) is 0 Å². The van der Waals surface area contributed by atoms with Crippen LogP contribution in [-0.4, -0.2) is 16.2 Å². The van der Waals surface area contributed by atoms with Crippen LogP contribution in [0.3, 0.4) is 0 Å². The van der Waals surface area contributed by atoms with Crippen molar-refractivity contribution in [2.45, 2.75) is 25.9 Å². The number of aliphatic hydroxyl groups is 1. The van der Waals surface area contributed by atoms with Gasteiger partial charge in [0.15, 0.2) is 0 Å². The molecule has 0 aliphatic heterocycles. The maximum absolute atomic E-state index is 10.0. The number of aliphatic hydroxyl groups excluding tert-OH is 1. The summed E-state index contributed by atoms with van der Waals surface area (Å²) in [5, 5.41) is 14.2. The van der Waals surface area contributed by atoms with Gasteiger partial charge in [0.1, 0.15) is 0 Å². The molecule has 1 aromatic heterocycles. The summed E-state index contributed by atoms with van der Waals surface area (Å²) in [6.07, 6.45) is 0.584. The van der Waals surface area contributed by atoms with Crippen LogP contribution in [-0.2, 0) is 12.8 Å². The van der Waals surface area contributed by atoms with E-state index in [-0.39, 0.29) is 0 Å². The quantitative estimate of drug-likeness (QED) is 0.929. The highest BCUT2D eigenvalue weighted by Crippen LogP contribution is 2.23. The first-order chi connectivity index (χ1) is 8.54. The first-order valence-electron chi connectivity index (χ1n) is 5.57. The van der Waals surface area contributed by atoms with Gasteiger partial charge in [-0.2, -0.15) is 0 Å². The summed E-state index contributed by atoms with van der Waals surface area (Å²) < 4.78 is 0. The van der Waals surface area contributed by atoms with Gasteiger partial charge in [-0.25, -0.2) is 4.98 Å². The van der Waals surface area contributed by atoms with Gasteiger partial charge < -0.3 is 5.11 Å². The van der Waals surface area contributed by atoms with E-state index in [2.05, 4.69) is 4.98 Å². The molecule has 0 spiro atoms. The van der Waals surface area contributed by atoms with Crippen LogP contribution in [0, 0.1) is 6.92 Å². The van der Waals surface area contributed by atoms with Gasteiger partial charge in [-0.3, -0.25) is 0 Å². The zero-order valence-electron chi connectivity index (χ0n) is 9.86. The second-order valence-electron chi connectivity index (χ2n) is 4.18. The number of rotatable bonds is 4. The molecule has 0 radical (unpaired) electrons. The predicted molar refractivity (Wildman–Crippen MR) is 76.7 cm³/mol. The number of thiazole rings is 1. The monoisotopic (exact) mass is 301 g/mol. The summed E-state index contributed by atoms with van der Waals surface area (Å²) in [6.45, 7) is 1.95. The van der Waals surface area contributed by atoms with Gasteiger partial charge >= 0.3 is 0 Å². The molecule has 0 saturated carbocycles. The van der Waals surface area contributed by atoms with Gasteiger partial charge in [0.05, 0.1) is 11.1 Å². The maximum Gasteiger partial charge on any atom is 0.0954 e. The molecule has 0 aliphatic carbocycles. The topological polar surface area (TPSA) is 33.1 Å². The van der Waals surface area contributed by atoms with Crippen LogP contribution in [0.2, 0.25) is 10.0 Å². The smallest absolute Gasteiger partial charge is 0.0954 e. The minimum Gasteiger partial charge on any atom is -0.392 e. The Morgan fingerprint density at radius 2 is 2.11 bits per heavy atom. The molecule has 1 atom stereocenters. The number of benzene rings is 1. The van der Waals surface area contributed by atoms with Crippen LogP contribution in [0.4, 0.5) is 0 Å². The Kier molecular flexibility index (Phi) is 4.62. The average Bonchev–Trinajstić information content (AvgIpc) is 2.68. The molecule has 0 fully saturated rings. The van der Waals surface area contributed by atoms with Crippen molar-refractivity contribution in [3.63, 3.8) is 0 Å². The molecule has 1 aromatic carbocycles. The molecule has 5 heteroatoms. The highest BCUT2D eigenvalue weighted by atomic mass is 35.5. The predicted octanol–water partition coefficient (Wildman–Crippen LogP) is 3.90. The van der Waals surface area contributed by atoms with Crippen LogP contribution in [0.25, 0.3) is 0 Å². The lowest BCUT2D eigenvalue weighted by Crippen LogP contribution is -2.14. The molecule has 18 heavy (non-hydrogen) atoms. The van der Waals surface area contributed by atoms with Gasteiger partial charge in [0.25, 0.3) is 0 Å². The largest absolute Gasteiger partial charge is 0.392 e. The molecular formula is C13H13Cl2NOS. The van der Waals surface area contributed by atoms with Crippen molar-refractivity contribution in [3.8, 4) is 0 Å². The lowest BCUT2D eigenvalue weighted by atomic mass is 10.1. The number of aromatic nitrogens is 1. The summed E-state index contributed by atoms with van der Waals surface area (Å²) >= 11 is 13.5. The van der Waals surface area contributed by atoms with E-state index in [1.807, 2.05) is 18.4 Å². The van der Waals surface area contributed by atoms with Crippen LogP contribution in [0.1, 0.15) is 16.3 Å². The van der Waals surface area contributed by atoms with Crippen LogP contribution >= 0.6 is 34.5 Å². The summed E-state index contributed by atoms with van der Waals surface area (Å²) in [4.78, 5) is 4.33. The van der Waals surface area contributed by atoms with E-state index in [1.54, 1.807) is 23.5 Å². The summed E-state index contributed by atoms with van der Waals surface area (Å²) in [5.41, 5.74) is 1.90. The lowest BCUT2D eigenvalue weighted by molar-refractivity contribution is 0.175. The van der Waals surface area contributed by atoms with Crippen LogP contribution in [0.5, 0.6) is 0 Å². The minimum atomic E-state index is -0.478. The van der Waals surface area contributed by atoms with E-state index in [9.17, 15) is 5.11 Å². The molecule has 2 aromatic rings. The molecule has 1 N–H and O–H groups in total. The van der Waals surface area contributed by atoms with Gasteiger partial charge in [-0.1, -0.05) is 29.3 Å². The highest BCUT2D eigenvalue weighted by Gasteiger charge is 2.11. The Balaban J connectivity index is 2.00. The molecule has 0 bridgehead atoms. The van der Waals surface area contributed by atoms with Gasteiger partial charge in [-0.05, 0) is 24.6 Å². The molecule has 1 heterocycles. The fraction of sp³-hybridized carbons (Fsp3) is 0.308. The van der Waals surface area contributed by atoms with Crippen molar-refractivity contribution in [1.82, 2.24) is 4.98 Å². The van der Waals surface area contributed by atoms with Crippen molar-refractivity contribution < 1.29 is 5.11 Å². The average molecular weight is 302 g/mol. The second-order valence-corrected chi connectivity index (χ2v) is 5.97. The SMILES string of the molecule is Cc1csc(CC(O)Cc2ccc(Cl)cc2Cl)n1. The molecule has 2 rings (SSSR count). The van der Waals surface area contributed by atoms with Gasteiger partial charge in [0.2, 0.25) is 0 Å². The van der Waals surface area contributed by atoms with Crippen molar-refractivity contribution in [2.24, 2.45) is 0 Å². The van der Waals surface area contributed by atoms with E-state index >= 15 is 0 Å². The molecule has 1 unspecified atom stereocenters. The number of hydrogen-bond donors (Lipinski definition) is 1. The fourth-order valence-corrected chi connectivity index (χ4v) is 3.04. The number of hydrogen-bond acceptors (Lipinski definition) is 3. The first kappa shape index (κ1) is 13.8. The van der Waals surface area contributed by atoms with Crippen molar-refractivity contribution >= 4 is 34.5 Å². The number of halogens is 2. The highest BCUT2D eigenvalue weighted by molar-refractivity contribution is 7.09. The van der Waals surface area contributed by atoms with Gasteiger partial charge in [-0.15, -0.1) is 11.3 Å². The summed E-state index contributed by atoms with van der Waals surface area (Å²) in [5.74, 6) is 0.